The molecule has 2 heterocycles. The van der Waals surface area contributed by atoms with Crippen LogP contribution in [-0.4, -0.2) is 21.1 Å². The molecular weight excluding hydrogens is 396 g/mol. The highest BCUT2D eigenvalue weighted by molar-refractivity contribution is 7.14. The summed E-state index contributed by atoms with van der Waals surface area (Å²) < 4.78 is 5.68. The smallest absolute Gasteiger partial charge is 0.247 e. The Hall–Kier alpha value is -3.32. The summed E-state index contributed by atoms with van der Waals surface area (Å²) in [4.78, 5) is 16.9. The van der Waals surface area contributed by atoms with Crippen molar-refractivity contribution in [3.63, 3.8) is 0 Å². The zero-order valence-electron chi connectivity index (χ0n) is 17.1. The number of aromatic nitrogens is 3. The number of hydrogen-bond donors (Lipinski definition) is 1. The first-order chi connectivity index (χ1) is 14.5. The van der Waals surface area contributed by atoms with E-state index in [1.165, 1.54) is 22.5 Å². The molecule has 152 valence electrons. The maximum Gasteiger partial charge on any atom is 0.247 e. The van der Waals surface area contributed by atoms with Crippen molar-refractivity contribution in [2.24, 2.45) is 0 Å². The van der Waals surface area contributed by atoms with Gasteiger partial charge in [0.15, 0.2) is 5.13 Å². The molecule has 30 heavy (non-hydrogen) atoms. The number of nitrogens with one attached hydrogen (secondary N) is 1. The molecule has 0 aliphatic carbocycles. The second kappa shape index (κ2) is 8.59. The highest BCUT2D eigenvalue weighted by Crippen LogP contribution is 2.28. The molecule has 0 radical (unpaired) electrons. The summed E-state index contributed by atoms with van der Waals surface area (Å²) in [5.74, 6) is 0.769. The van der Waals surface area contributed by atoms with Crippen molar-refractivity contribution in [3.05, 3.63) is 70.4 Å². The van der Waals surface area contributed by atoms with Crippen LogP contribution in [0.1, 0.15) is 29.0 Å². The van der Waals surface area contributed by atoms with Gasteiger partial charge in [0.1, 0.15) is 0 Å². The fraction of sp³-hybridized carbons (Fsp3) is 0.217. The third kappa shape index (κ3) is 4.63. The summed E-state index contributed by atoms with van der Waals surface area (Å²) in [7, 11) is 0. The highest BCUT2D eigenvalue weighted by Gasteiger charge is 2.13. The lowest BCUT2D eigenvalue weighted by Gasteiger charge is -2.03. The lowest BCUT2D eigenvalue weighted by molar-refractivity contribution is -0.116. The Morgan fingerprint density at radius 1 is 1.03 bits per heavy atom. The molecule has 0 aliphatic heterocycles. The van der Waals surface area contributed by atoms with Crippen LogP contribution in [0.3, 0.4) is 0 Å². The summed E-state index contributed by atoms with van der Waals surface area (Å²) in [5, 5.41) is 13.5. The molecule has 4 rings (SSSR count). The van der Waals surface area contributed by atoms with E-state index in [4.69, 9.17) is 4.42 Å². The molecule has 0 bridgehead atoms. The van der Waals surface area contributed by atoms with Crippen LogP contribution in [0.15, 0.2) is 52.3 Å². The number of anilines is 1. The Kier molecular flexibility index (Phi) is 5.72. The first kappa shape index (κ1) is 20.0. The topological polar surface area (TPSA) is 80.9 Å². The number of thiazole rings is 1. The Bertz CT molecular complexity index is 1180. The van der Waals surface area contributed by atoms with Crippen molar-refractivity contribution in [2.75, 3.05) is 5.32 Å². The fourth-order valence-electron chi connectivity index (χ4n) is 3.13. The maximum absolute atomic E-state index is 12.3. The van der Waals surface area contributed by atoms with Gasteiger partial charge in [0.25, 0.3) is 0 Å². The van der Waals surface area contributed by atoms with Gasteiger partial charge in [-0.25, -0.2) is 4.98 Å². The maximum atomic E-state index is 12.3. The van der Waals surface area contributed by atoms with Crippen molar-refractivity contribution in [2.45, 2.75) is 33.6 Å². The molecule has 0 atom stereocenters. The fourth-order valence-corrected chi connectivity index (χ4v) is 3.85. The van der Waals surface area contributed by atoms with Crippen LogP contribution >= 0.6 is 11.3 Å². The first-order valence-electron chi connectivity index (χ1n) is 9.70. The van der Waals surface area contributed by atoms with Crippen LogP contribution in [0.25, 0.3) is 22.7 Å². The van der Waals surface area contributed by atoms with Gasteiger partial charge in [-0.1, -0.05) is 41.5 Å². The van der Waals surface area contributed by atoms with Gasteiger partial charge >= 0.3 is 0 Å². The average molecular weight is 419 g/mol. The average Bonchev–Trinajstić information content (AvgIpc) is 3.37. The number of nitrogens with zero attached hydrogens (tertiary/aromatic N) is 3. The minimum absolute atomic E-state index is 0.133. The molecule has 0 fully saturated rings. The quantitative estimate of drug-likeness (QED) is 0.456. The Balaban J connectivity index is 1.34. The molecule has 0 unspecified atom stereocenters. The Morgan fingerprint density at radius 3 is 2.57 bits per heavy atom. The van der Waals surface area contributed by atoms with E-state index in [1.54, 1.807) is 0 Å². The largest absolute Gasteiger partial charge is 0.421 e. The number of carbonyl (C=O) groups is 1. The number of hydrogen-bond acceptors (Lipinski definition) is 6. The second-order valence-corrected chi connectivity index (χ2v) is 8.13. The molecule has 4 aromatic rings. The van der Waals surface area contributed by atoms with E-state index >= 15 is 0 Å². The standard InChI is InChI=1S/C23H22N4O2S/c1-14-4-7-17(8-5-14)22-27-26-21(29-22)11-10-20(28)25-23-24-19(13-30-23)18-9-6-15(2)12-16(18)3/h4-9,12-13H,10-11H2,1-3H3,(H,24,25,28). The third-order valence-electron chi connectivity index (χ3n) is 4.74. The molecule has 2 aromatic carbocycles. The molecule has 6 nitrogen and oxygen atoms in total. The van der Waals surface area contributed by atoms with E-state index in [0.29, 0.717) is 23.3 Å². The summed E-state index contributed by atoms with van der Waals surface area (Å²) in [6.45, 7) is 6.15. The zero-order chi connectivity index (χ0) is 21.1. The number of amides is 1. The molecule has 0 saturated heterocycles. The number of carbonyl (C=O) groups excluding carboxylic acids is 1. The molecule has 0 spiro atoms. The van der Waals surface area contributed by atoms with Crippen LogP contribution < -0.4 is 5.32 Å². The van der Waals surface area contributed by atoms with Gasteiger partial charge in [0.2, 0.25) is 17.7 Å². The van der Waals surface area contributed by atoms with E-state index in [0.717, 1.165) is 22.4 Å². The van der Waals surface area contributed by atoms with Gasteiger partial charge in [0.05, 0.1) is 5.69 Å². The predicted octanol–water partition coefficient (Wildman–Crippen LogP) is 5.36. The zero-order valence-corrected chi connectivity index (χ0v) is 17.9. The van der Waals surface area contributed by atoms with Crippen LogP contribution in [0.5, 0.6) is 0 Å². The molecule has 0 aliphatic rings. The van der Waals surface area contributed by atoms with E-state index in [1.807, 2.05) is 36.6 Å². The van der Waals surface area contributed by atoms with Gasteiger partial charge < -0.3 is 9.73 Å². The predicted molar refractivity (Wildman–Crippen MR) is 118 cm³/mol. The molecule has 0 saturated carbocycles. The number of rotatable bonds is 6. The monoisotopic (exact) mass is 418 g/mol. The van der Waals surface area contributed by atoms with Crippen molar-refractivity contribution in [1.82, 2.24) is 15.2 Å². The second-order valence-electron chi connectivity index (χ2n) is 7.27. The van der Waals surface area contributed by atoms with E-state index < -0.39 is 0 Å². The Morgan fingerprint density at radius 2 is 1.80 bits per heavy atom. The minimum Gasteiger partial charge on any atom is -0.421 e. The van der Waals surface area contributed by atoms with Gasteiger partial charge in [-0.3, -0.25) is 4.79 Å². The van der Waals surface area contributed by atoms with Crippen molar-refractivity contribution in [1.29, 1.82) is 0 Å². The molecule has 2 aromatic heterocycles. The van der Waals surface area contributed by atoms with Crippen LogP contribution in [-0.2, 0) is 11.2 Å². The van der Waals surface area contributed by atoms with Crippen LogP contribution in [0.2, 0.25) is 0 Å². The molecule has 7 heteroatoms. The lowest BCUT2D eigenvalue weighted by Crippen LogP contribution is -2.12. The van der Waals surface area contributed by atoms with Crippen molar-refractivity contribution < 1.29 is 9.21 Å². The summed E-state index contributed by atoms with van der Waals surface area (Å²) in [5.41, 5.74) is 6.35. The highest BCUT2D eigenvalue weighted by atomic mass is 32.1. The lowest BCUT2D eigenvalue weighted by atomic mass is 10.0. The van der Waals surface area contributed by atoms with Gasteiger partial charge in [-0.15, -0.1) is 21.5 Å². The van der Waals surface area contributed by atoms with E-state index in [2.05, 4.69) is 52.5 Å². The summed E-state index contributed by atoms with van der Waals surface area (Å²) in [6.07, 6.45) is 0.619. The third-order valence-corrected chi connectivity index (χ3v) is 5.50. The Labute approximate surface area is 179 Å². The number of benzene rings is 2. The summed E-state index contributed by atoms with van der Waals surface area (Å²) >= 11 is 1.42. The molecule has 1 amide bonds. The normalized spacial score (nSPS) is 10.9. The van der Waals surface area contributed by atoms with Gasteiger partial charge in [-0.2, -0.15) is 0 Å². The van der Waals surface area contributed by atoms with Gasteiger partial charge in [-0.05, 0) is 38.5 Å². The van der Waals surface area contributed by atoms with Crippen molar-refractivity contribution in [3.8, 4) is 22.7 Å². The molecule has 1 N–H and O–H groups in total. The number of aryl methyl sites for hydroxylation is 4. The van der Waals surface area contributed by atoms with Crippen LogP contribution in [0, 0.1) is 20.8 Å². The van der Waals surface area contributed by atoms with E-state index in [-0.39, 0.29) is 12.3 Å². The molecular formula is C23H22N4O2S. The SMILES string of the molecule is Cc1ccc(-c2nnc(CCC(=O)Nc3nc(-c4ccc(C)cc4C)cs3)o2)cc1. The van der Waals surface area contributed by atoms with Gasteiger partial charge in [0, 0.05) is 29.3 Å². The minimum atomic E-state index is -0.133. The van der Waals surface area contributed by atoms with Crippen molar-refractivity contribution >= 4 is 22.4 Å². The summed E-state index contributed by atoms with van der Waals surface area (Å²) in [6, 6.07) is 14.1. The van der Waals surface area contributed by atoms with Crippen LogP contribution in [0.4, 0.5) is 5.13 Å². The van der Waals surface area contributed by atoms with E-state index in [9.17, 15) is 4.79 Å². The first-order valence-corrected chi connectivity index (χ1v) is 10.6.